The van der Waals surface area contributed by atoms with Gasteiger partial charge >= 0.3 is 0 Å². The highest BCUT2D eigenvalue weighted by molar-refractivity contribution is 5.41. The van der Waals surface area contributed by atoms with Crippen LogP contribution in [0.5, 0.6) is 0 Å². The number of aromatic nitrogens is 2. The summed E-state index contributed by atoms with van der Waals surface area (Å²) in [5, 5.41) is 6.18. The van der Waals surface area contributed by atoms with Gasteiger partial charge in [0, 0.05) is 13.1 Å². The molecule has 4 nitrogen and oxygen atoms in total. The third-order valence-electron chi connectivity index (χ3n) is 4.12. The average molecular weight is 266 g/mol. The van der Waals surface area contributed by atoms with E-state index < -0.39 is 0 Å². The summed E-state index contributed by atoms with van der Waals surface area (Å²) in [7, 11) is 0. The van der Waals surface area contributed by atoms with Crippen LogP contribution in [0, 0.1) is 11.2 Å². The van der Waals surface area contributed by atoms with E-state index in [-0.39, 0.29) is 5.82 Å². The number of nitrogens with zero attached hydrogens (tertiary/aromatic N) is 2. The average Bonchev–Trinajstić information content (AvgIpc) is 2.89. The van der Waals surface area contributed by atoms with Gasteiger partial charge in [0.05, 0.1) is 6.20 Å². The second-order valence-corrected chi connectivity index (χ2v) is 5.33. The van der Waals surface area contributed by atoms with Crippen molar-refractivity contribution in [2.75, 3.05) is 23.7 Å². The largest absolute Gasteiger partial charge is 0.367 e. The Kier molecular flexibility index (Phi) is 4.56. The molecule has 5 heteroatoms. The molecule has 2 N–H and O–H groups in total. The monoisotopic (exact) mass is 266 g/mol. The van der Waals surface area contributed by atoms with Gasteiger partial charge in [0.1, 0.15) is 0 Å². The summed E-state index contributed by atoms with van der Waals surface area (Å²) in [5.74, 6) is 0.403. The van der Waals surface area contributed by atoms with Gasteiger partial charge in [-0.25, -0.2) is 9.37 Å². The predicted molar refractivity (Wildman–Crippen MR) is 75.8 cm³/mol. The number of hydrogen-bond donors (Lipinski definition) is 2. The van der Waals surface area contributed by atoms with Crippen LogP contribution < -0.4 is 10.6 Å². The topological polar surface area (TPSA) is 49.8 Å². The molecule has 0 bridgehead atoms. The minimum atomic E-state index is -0.383. The standard InChI is InChI=1S/C14H23FN4/c1-3-14(7-5-6-8-14)10-18-12-11(15)9-17-13(19-12)16-4-2/h9H,3-8,10H2,1-2H3,(H2,16,17,18,19). The molecule has 0 radical (unpaired) electrons. The van der Waals surface area contributed by atoms with E-state index in [0.717, 1.165) is 19.5 Å². The molecule has 2 rings (SSSR count). The van der Waals surface area contributed by atoms with Gasteiger partial charge in [-0.15, -0.1) is 0 Å². The zero-order chi connectivity index (χ0) is 13.7. The van der Waals surface area contributed by atoms with Gasteiger partial charge in [-0.3, -0.25) is 0 Å². The van der Waals surface area contributed by atoms with Crippen molar-refractivity contribution in [2.45, 2.75) is 46.0 Å². The molecule has 1 aliphatic rings. The van der Waals surface area contributed by atoms with Crippen LogP contribution in [0.2, 0.25) is 0 Å². The molecule has 0 spiro atoms. The molecule has 1 aromatic rings. The lowest BCUT2D eigenvalue weighted by atomic mass is 9.83. The second kappa shape index (κ2) is 6.17. The Labute approximate surface area is 114 Å². The molecule has 19 heavy (non-hydrogen) atoms. The fraction of sp³-hybridized carbons (Fsp3) is 0.714. The van der Waals surface area contributed by atoms with E-state index in [1.807, 2.05) is 6.92 Å². The van der Waals surface area contributed by atoms with Gasteiger partial charge in [0.2, 0.25) is 5.95 Å². The molecule has 1 aliphatic carbocycles. The number of halogens is 1. The van der Waals surface area contributed by atoms with E-state index in [1.165, 1.54) is 31.9 Å². The van der Waals surface area contributed by atoms with E-state index in [0.29, 0.717) is 17.2 Å². The van der Waals surface area contributed by atoms with Crippen LogP contribution >= 0.6 is 0 Å². The van der Waals surface area contributed by atoms with Crippen molar-refractivity contribution in [2.24, 2.45) is 5.41 Å². The molecule has 1 fully saturated rings. The van der Waals surface area contributed by atoms with Crippen molar-refractivity contribution in [1.82, 2.24) is 9.97 Å². The maximum absolute atomic E-state index is 13.7. The Morgan fingerprint density at radius 3 is 2.63 bits per heavy atom. The van der Waals surface area contributed by atoms with E-state index >= 15 is 0 Å². The first kappa shape index (κ1) is 14.0. The van der Waals surface area contributed by atoms with Crippen molar-refractivity contribution in [3.63, 3.8) is 0 Å². The third kappa shape index (κ3) is 3.33. The van der Waals surface area contributed by atoms with E-state index in [1.54, 1.807) is 0 Å². The lowest BCUT2D eigenvalue weighted by molar-refractivity contribution is 0.306. The first-order chi connectivity index (χ1) is 9.19. The first-order valence-electron chi connectivity index (χ1n) is 7.19. The predicted octanol–water partition coefficient (Wildman–Crippen LogP) is 3.43. The van der Waals surface area contributed by atoms with Gasteiger partial charge in [0.15, 0.2) is 11.6 Å². The molecular formula is C14H23FN4. The minimum Gasteiger partial charge on any atom is -0.367 e. The summed E-state index contributed by atoms with van der Waals surface area (Å²) in [6.07, 6.45) is 7.37. The first-order valence-corrected chi connectivity index (χ1v) is 7.19. The molecule has 0 atom stereocenters. The summed E-state index contributed by atoms with van der Waals surface area (Å²) in [6, 6.07) is 0. The van der Waals surface area contributed by atoms with E-state index in [9.17, 15) is 4.39 Å². The second-order valence-electron chi connectivity index (χ2n) is 5.33. The maximum atomic E-state index is 13.7. The summed E-state index contributed by atoms with van der Waals surface area (Å²) < 4.78 is 13.7. The lowest BCUT2D eigenvalue weighted by Gasteiger charge is -2.28. The zero-order valence-electron chi connectivity index (χ0n) is 11.8. The molecule has 0 amide bonds. The van der Waals surface area contributed by atoms with Gasteiger partial charge in [0.25, 0.3) is 0 Å². The fourth-order valence-electron chi connectivity index (χ4n) is 2.79. The molecule has 106 valence electrons. The van der Waals surface area contributed by atoms with Crippen LogP contribution in [0.3, 0.4) is 0 Å². The highest BCUT2D eigenvalue weighted by Crippen LogP contribution is 2.40. The molecule has 0 saturated heterocycles. The van der Waals surface area contributed by atoms with Crippen LogP contribution in [-0.2, 0) is 0 Å². The Balaban J connectivity index is 2.03. The van der Waals surface area contributed by atoms with Crippen LogP contribution in [0.25, 0.3) is 0 Å². The summed E-state index contributed by atoms with van der Waals surface area (Å²) >= 11 is 0. The SMILES string of the molecule is CCNc1ncc(F)c(NCC2(CC)CCCC2)n1. The molecule has 0 aliphatic heterocycles. The van der Waals surface area contributed by atoms with Crippen molar-refractivity contribution < 1.29 is 4.39 Å². The van der Waals surface area contributed by atoms with Crippen molar-refractivity contribution in [1.29, 1.82) is 0 Å². The third-order valence-corrected chi connectivity index (χ3v) is 4.12. The zero-order valence-corrected chi connectivity index (χ0v) is 11.8. The van der Waals surface area contributed by atoms with Gasteiger partial charge in [-0.1, -0.05) is 19.8 Å². The maximum Gasteiger partial charge on any atom is 0.224 e. The summed E-state index contributed by atoms with van der Waals surface area (Å²) in [5.41, 5.74) is 0.315. The summed E-state index contributed by atoms with van der Waals surface area (Å²) in [6.45, 7) is 5.70. The fourth-order valence-corrected chi connectivity index (χ4v) is 2.79. The van der Waals surface area contributed by atoms with Crippen LogP contribution in [0.15, 0.2) is 6.20 Å². The Morgan fingerprint density at radius 2 is 2.00 bits per heavy atom. The molecule has 0 unspecified atom stereocenters. The van der Waals surface area contributed by atoms with Gasteiger partial charge in [-0.05, 0) is 31.6 Å². The Morgan fingerprint density at radius 1 is 1.26 bits per heavy atom. The van der Waals surface area contributed by atoms with Gasteiger partial charge in [-0.2, -0.15) is 4.98 Å². The molecule has 1 saturated carbocycles. The van der Waals surface area contributed by atoms with E-state index in [4.69, 9.17) is 0 Å². The molecule has 1 aromatic heterocycles. The number of hydrogen-bond acceptors (Lipinski definition) is 4. The minimum absolute atomic E-state index is 0.311. The highest BCUT2D eigenvalue weighted by atomic mass is 19.1. The van der Waals surface area contributed by atoms with Crippen LogP contribution in [0.4, 0.5) is 16.2 Å². The number of anilines is 2. The highest BCUT2D eigenvalue weighted by Gasteiger charge is 2.31. The number of rotatable bonds is 6. The Hall–Kier alpha value is -1.39. The molecule has 1 heterocycles. The molecule has 0 aromatic carbocycles. The van der Waals surface area contributed by atoms with Gasteiger partial charge < -0.3 is 10.6 Å². The summed E-state index contributed by atoms with van der Waals surface area (Å²) in [4.78, 5) is 8.09. The Bertz CT molecular complexity index is 416. The normalized spacial score (nSPS) is 17.4. The number of nitrogens with one attached hydrogen (secondary N) is 2. The lowest BCUT2D eigenvalue weighted by Crippen LogP contribution is -2.26. The van der Waals surface area contributed by atoms with Crippen molar-refractivity contribution >= 4 is 11.8 Å². The van der Waals surface area contributed by atoms with Crippen LogP contribution in [0.1, 0.15) is 46.0 Å². The van der Waals surface area contributed by atoms with Crippen molar-refractivity contribution in [3.8, 4) is 0 Å². The van der Waals surface area contributed by atoms with Crippen molar-refractivity contribution in [3.05, 3.63) is 12.0 Å². The smallest absolute Gasteiger partial charge is 0.224 e. The quantitative estimate of drug-likeness (QED) is 0.828. The molecular weight excluding hydrogens is 243 g/mol. The van der Waals surface area contributed by atoms with E-state index in [2.05, 4.69) is 27.5 Å². The van der Waals surface area contributed by atoms with Crippen LogP contribution in [-0.4, -0.2) is 23.1 Å².